The minimum Gasteiger partial charge on any atom is -0.342 e. The van der Waals surface area contributed by atoms with Crippen molar-refractivity contribution in [1.29, 1.82) is 0 Å². The van der Waals surface area contributed by atoms with Crippen molar-refractivity contribution >= 4 is 5.91 Å². The molecule has 1 aromatic rings. The summed E-state index contributed by atoms with van der Waals surface area (Å²) in [6.45, 7) is 10.4. The molecular formula is C20H34N4O. The molecule has 2 N–H and O–H groups in total. The van der Waals surface area contributed by atoms with Crippen LogP contribution in [0.25, 0.3) is 0 Å². The van der Waals surface area contributed by atoms with Gasteiger partial charge in [0.25, 0.3) is 5.91 Å². The average molecular weight is 347 g/mol. The van der Waals surface area contributed by atoms with Gasteiger partial charge in [0, 0.05) is 57.9 Å². The van der Waals surface area contributed by atoms with E-state index in [1.807, 2.05) is 19.2 Å². The molecule has 0 spiro atoms. The van der Waals surface area contributed by atoms with Crippen LogP contribution < -0.4 is 5.73 Å². The Bertz CT molecular complexity index is 535. The molecule has 0 bridgehead atoms. The zero-order chi connectivity index (χ0) is 18.4. The van der Waals surface area contributed by atoms with Crippen LogP contribution in [-0.4, -0.2) is 73.5 Å². The van der Waals surface area contributed by atoms with Gasteiger partial charge in [0.15, 0.2) is 0 Å². The smallest absolute Gasteiger partial charge is 0.253 e. The third-order valence-corrected chi connectivity index (χ3v) is 5.20. The highest BCUT2D eigenvalue weighted by Crippen LogP contribution is 2.12. The number of nitrogens with zero attached hydrogens (tertiary/aromatic N) is 3. The summed E-state index contributed by atoms with van der Waals surface area (Å²) in [6, 6.07) is 8.21. The van der Waals surface area contributed by atoms with Crippen molar-refractivity contribution in [2.24, 2.45) is 11.7 Å². The van der Waals surface area contributed by atoms with Gasteiger partial charge in [-0.1, -0.05) is 26.0 Å². The fourth-order valence-corrected chi connectivity index (χ4v) is 3.01. The first-order valence-electron chi connectivity index (χ1n) is 9.37. The summed E-state index contributed by atoms with van der Waals surface area (Å²) < 4.78 is 0. The quantitative estimate of drug-likeness (QED) is 0.819. The highest BCUT2D eigenvalue weighted by atomic mass is 16.2. The molecule has 1 aromatic carbocycles. The van der Waals surface area contributed by atoms with Gasteiger partial charge in [-0.25, -0.2) is 0 Å². The molecule has 5 heteroatoms. The van der Waals surface area contributed by atoms with Crippen LogP contribution in [0.15, 0.2) is 24.3 Å². The minimum atomic E-state index is 0.0714. The Balaban J connectivity index is 1.84. The molecule has 1 aliphatic heterocycles. The van der Waals surface area contributed by atoms with Crippen LogP contribution in [0.4, 0.5) is 0 Å². The van der Waals surface area contributed by atoms with E-state index >= 15 is 0 Å². The Hall–Kier alpha value is -1.43. The lowest BCUT2D eigenvalue weighted by Gasteiger charge is -2.32. The Morgan fingerprint density at radius 1 is 1.16 bits per heavy atom. The predicted octanol–water partition coefficient (Wildman–Crippen LogP) is 1.88. The first-order valence-corrected chi connectivity index (χ1v) is 9.37. The van der Waals surface area contributed by atoms with Gasteiger partial charge < -0.3 is 15.5 Å². The number of amides is 1. The third-order valence-electron chi connectivity index (χ3n) is 5.20. The van der Waals surface area contributed by atoms with E-state index in [1.54, 1.807) is 4.90 Å². The van der Waals surface area contributed by atoms with Gasteiger partial charge in [0.2, 0.25) is 0 Å². The monoisotopic (exact) mass is 346 g/mol. The minimum absolute atomic E-state index is 0.0714. The van der Waals surface area contributed by atoms with E-state index in [-0.39, 0.29) is 11.9 Å². The average Bonchev–Trinajstić information content (AvgIpc) is 2.61. The summed E-state index contributed by atoms with van der Waals surface area (Å²) in [5.74, 6) is 0.513. The van der Waals surface area contributed by atoms with Crippen LogP contribution >= 0.6 is 0 Å². The van der Waals surface area contributed by atoms with E-state index in [0.717, 1.165) is 44.7 Å². The van der Waals surface area contributed by atoms with E-state index in [1.165, 1.54) is 5.56 Å². The number of benzene rings is 1. The molecule has 0 saturated carbocycles. The van der Waals surface area contributed by atoms with Gasteiger partial charge in [0.05, 0.1) is 0 Å². The molecule has 1 aliphatic rings. The first-order chi connectivity index (χ1) is 11.9. The van der Waals surface area contributed by atoms with Crippen LogP contribution in [-0.2, 0) is 6.54 Å². The summed E-state index contributed by atoms with van der Waals surface area (Å²) in [5.41, 5.74) is 8.10. The molecule has 0 aliphatic carbocycles. The molecule has 1 saturated heterocycles. The number of likely N-dealkylation sites (N-methyl/N-ethyl adjacent to an activating group) is 1. The second-order valence-corrected chi connectivity index (χ2v) is 7.70. The third kappa shape index (κ3) is 6.10. The van der Waals surface area contributed by atoms with Crippen molar-refractivity contribution in [3.63, 3.8) is 0 Å². The van der Waals surface area contributed by atoms with Crippen LogP contribution in [0, 0.1) is 5.92 Å². The number of hydrogen-bond acceptors (Lipinski definition) is 4. The normalized spacial score (nSPS) is 17.7. The summed E-state index contributed by atoms with van der Waals surface area (Å²) in [7, 11) is 4.02. The lowest BCUT2D eigenvalue weighted by molar-refractivity contribution is 0.0789. The number of nitrogens with two attached hydrogens (primary N) is 1. The molecular weight excluding hydrogens is 312 g/mol. The van der Waals surface area contributed by atoms with Crippen molar-refractivity contribution in [3.8, 4) is 0 Å². The highest BCUT2D eigenvalue weighted by molar-refractivity contribution is 5.94. The lowest BCUT2D eigenvalue weighted by atomic mass is 10.0. The Morgan fingerprint density at radius 2 is 1.76 bits per heavy atom. The largest absolute Gasteiger partial charge is 0.342 e. The summed E-state index contributed by atoms with van der Waals surface area (Å²) in [4.78, 5) is 19.1. The topological polar surface area (TPSA) is 52.8 Å². The van der Waals surface area contributed by atoms with Gasteiger partial charge in [-0.15, -0.1) is 0 Å². The van der Waals surface area contributed by atoms with Crippen LogP contribution in [0.5, 0.6) is 0 Å². The molecule has 25 heavy (non-hydrogen) atoms. The molecule has 1 heterocycles. The van der Waals surface area contributed by atoms with E-state index < -0.39 is 0 Å². The molecule has 0 radical (unpaired) electrons. The number of carbonyl (C=O) groups is 1. The SMILES string of the molecule is CC(C)C(N)CCN(C)C(=O)c1ccc(CN2CCN(C)CC2)cc1. The molecule has 1 atom stereocenters. The fraction of sp³-hybridized carbons (Fsp3) is 0.650. The van der Waals surface area contributed by atoms with Gasteiger partial charge in [0.1, 0.15) is 0 Å². The standard InChI is InChI=1S/C20H34N4O/c1-16(2)19(21)9-10-23(4)20(25)18-7-5-17(6-8-18)15-24-13-11-22(3)12-14-24/h5-8,16,19H,9-15,21H2,1-4H3. The zero-order valence-electron chi connectivity index (χ0n) is 16.2. The molecule has 0 aromatic heterocycles. The Labute approximate surface area is 152 Å². The fourth-order valence-electron chi connectivity index (χ4n) is 3.01. The maximum Gasteiger partial charge on any atom is 0.253 e. The Morgan fingerprint density at radius 3 is 2.32 bits per heavy atom. The predicted molar refractivity (Wildman–Crippen MR) is 104 cm³/mol. The molecule has 1 amide bonds. The maximum absolute atomic E-state index is 12.5. The molecule has 1 unspecified atom stereocenters. The molecule has 2 rings (SSSR count). The zero-order valence-corrected chi connectivity index (χ0v) is 16.2. The second kappa shape index (κ2) is 9.32. The van der Waals surface area contributed by atoms with Crippen molar-refractivity contribution in [3.05, 3.63) is 35.4 Å². The number of rotatable bonds is 7. The second-order valence-electron chi connectivity index (χ2n) is 7.70. The number of hydrogen-bond donors (Lipinski definition) is 1. The van der Waals surface area contributed by atoms with Crippen molar-refractivity contribution in [1.82, 2.24) is 14.7 Å². The number of piperazine rings is 1. The number of carbonyl (C=O) groups excluding carboxylic acids is 1. The summed E-state index contributed by atoms with van der Waals surface area (Å²) >= 11 is 0. The van der Waals surface area contributed by atoms with Gasteiger partial charge in [-0.05, 0) is 37.1 Å². The van der Waals surface area contributed by atoms with E-state index in [0.29, 0.717) is 12.5 Å². The highest BCUT2D eigenvalue weighted by Gasteiger charge is 2.16. The Kier molecular flexibility index (Phi) is 7.41. The summed E-state index contributed by atoms with van der Waals surface area (Å²) in [5, 5.41) is 0. The molecule has 5 nitrogen and oxygen atoms in total. The lowest BCUT2D eigenvalue weighted by Crippen LogP contribution is -2.43. The van der Waals surface area contributed by atoms with Crippen molar-refractivity contribution in [2.45, 2.75) is 32.9 Å². The van der Waals surface area contributed by atoms with Crippen molar-refractivity contribution < 1.29 is 4.79 Å². The van der Waals surface area contributed by atoms with Crippen LogP contribution in [0.1, 0.15) is 36.2 Å². The van der Waals surface area contributed by atoms with E-state index in [4.69, 9.17) is 5.73 Å². The van der Waals surface area contributed by atoms with E-state index in [9.17, 15) is 4.79 Å². The first kappa shape index (κ1) is 19.9. The maximum atomic E-state index is 12.5. The van der Waals surface area contributed by atoms with E-state index in [2.05, 4.69) is 42.8 Å². The molecule has 1 fully saturated rings. The van der Waals surface area contributed by atoms with Crippen molar-refractivity contribution in [2.75, 3.05) is 46.8 Å². The van der Waals surface area contributed by atoms with Crippen LogP contribution in [0.2, 0.25) is 0 Å². The van der Waals surface area contributed by atoms with Crippen LogP contribution in [0.3, 0.4) is 0 Å². The summed E-state index contributed by atoms with van der Waals surface area (Å²) in [6.07, 6.45) is 0.835. The molecule has 140 valence electrons. The van der Waals surface area contributed by atoms with Gasteiger partial charge in [-0.2, -0.15) is 0 Å². The van der Waals surface area contributed by atoms with Gasteiger partial charge in [-0.3, -0.25) is 9.69 Å². The van der Waals surface area contributed by atoms with Gasteiger partial charge >= 0.3 is 0 Å².